The maximum absolute atomic E-state index is 12.9. The van der Waals surface area contributed by atoms with E-state index in [4.69, 9.17) is 10.2 Å². The largest absolute Gasteiger partial charge is 0.478 e. The third-order valence-electron chi connectivity index (χ3n) is 5.91. The number of likely N-dealkylation sites (N-methyl/N-ethyl adjacent to an activating group) is 1. The zero-order chi connectivity index (χ0) is 27.9. The lowest BCUT2D eigenvalue weighted by atomic mass is 10.0. The molecule has 0 aliphatic rings. The molecule has 2 N–H and O–H groups in total. The van der Waals surface area contributed by atoms with Crippen molar-refractivity contribution in [3.8, 4) is 22.4 Å². The molecule has 3 rings (SSSR count). The standard InChI is InChI=1S/C25H32N4O.C4H4O4/c1-4-28(5-2)18-12-17-27(3)24(30)20-29-25(22-15-10-7-11-16-22)23(19-26-29)21-13-8-6-9-14-21;5-3(6)1-2-4(7)8/h6-11,13-16,19H,4-5,12,17-18,20H2,1-3H3;1-2H,(H,5,6)(H,7,8)/b;2-1+. The van der Waals surface area contributed by atoms with Crippen molar-refractivity contribution in [1.29, 1.82) is 0 Å². The van der Waals surface area contributed by atoms with Crippen LogP contribution in [-0.4, -0.2) is 80.9 Å². The quantitative estimate of drug-likeness (QED) is 0.345. The Morgan fingerprint density at radius 3 is 1.87 bits per heavy atom. The Bertz CT molecular complexity index is 1170. The molecule has 3 aromatic rings. The fraction of sp³-hybridized carbons (Fsp3) is 0.310. The molecule has 1 heterocycles. The van der Waals surface area contributed by atoms with Crippen molar-refractivity contribution in [3.05, 3.63) is 79.0 Å². The number of amides is 1. The van der Waals surface area contributed by atoms with E-state index in [1.807, 2.05) is 59.2 Å². The number of nitrogens with zero attached hydrogens (tertiary/aromatic N) is 4. The van der Waals surface area contributed by atoms with Gasteiger partial charge >= 0.3 is 11.9 Å². The predicted octanol–water partition coefficient (Wildman–Crippen LogP) is 4.12. The highest BCUT2D eigenvalue weighted by molar-refractivity contribution is 5.89. The van der Waals surface area contributed by atoms with E-state index in [1.54, 1.807) is 0 Å². The van der Waals surface area contributed by atoms with E-state index in [9.17, 15) is 14.4 Å². The minimum Gasteiger partial charge on any atom is -0.478 e. The summed E-state index contributed by atoms with van der Waals surface area (Å²) in [5.41, 5.74) is 4.18. The first-order chi connectivity index (χ1) is 18.3. The minimum atomic E-state index is -1.26. The van der Waals surface area contributed by atoms with Gasteiger partial charge in [0.05, 0.1) is 11.9 Å². The Morgan fingerprint density at radius 2 is 1.37 bits per heavy atom. The molecule has 0 aliphatic heterocycles. The van der Waals surface area contributed by atoms with Gasteiger partial charge in [-0.25, -0.2) is 9.59 Å². The highest BCUT2D eigenvalue weighted by Crippen LogP contribution is 2.32. The third kappa shape index (κ3) is 9.67. The van der Waals surface area contributed by atoms with Gasteiger partial charge in [-0.3, -0.25) is 9.48 Å². The molecular formula is C29H36N4O5. The number of benzene rings is 2. The van der Waals surface area contributed by atoms with E-state index in [1.165, 1.54) is 0 Å². The first kappa shape index (κ1) is 30.0. The summed E-state index contributed by atoms with van der Waals surface area (Å²) in [6, 6.07) is 20.4. The van der Waals surface area contributed by atoms with Crippen LogP contribution in [0.4, 0.5) is 0 Å². The first-order valence-electron chi connectivity index (χ1n) is 12.5. The van der Waals surface area contributed by atoms with Gasteiger partial charge in [-0.2, -0.15) is 5.10 Å². The van der Waals surface area contributed by atoms with Gasteiger partial charge in [0, 0.05) is 36.9 Å². The zero-order valence-electron chi connectivity index (χ0n) is 22.2. The van der Waals surface area contributed by atoms with E-state index in [0.29, 0.717) is 12.2 Å². The maximum Gasteiger partial charge on any atom is 0.328 e. The van der Waals surface area contributed by atoms with Crippen LogP contribution in [-0.2, 0) is 20.9 Å². The summed E-state index contributed by atoms with van der Waals surface area (Å²) in [5, 5.41) is 20.2. The van der Waals surface area contributed by atoms with Crippen LogP contribution in [0.3, 0.4) is 0 Å². The highest BCUT2D eigenvalue weighted by atomic mass is 16.4. The molecule has 0 aliphatic carbocycles. The molecule has 38 heavy (non-hydrogen) atoms. The van der Waals surface area contributed by atoms with Gasteiger partial charge in [0.25, 0.3) is 0 Å². The maximum atomic E-state index is 12.9. The molecule has 0 saturated carbocycles. The van der Waals surface area contributed by atoms with Gasteiger partial charge in [0.15, 0.2) is 0 Å². The van der Waals surface area contributed by atoms with Crippen LogP contribution < -0.4 is 0 Å². The SMILES string of the molecule is CCN(CC)CCCN(C)C(=O)Cn1ncc(-c2ccccc2)c1-c1ccccc1.O=C(O)/C=C/C(=O)O. The summed E-state index contributed by atoms with van der Waals surface area (Å²) in [6.07, 6.45) is 3.96. The number of carboxylic acid groups (broad SMARTS) is 2. The Kier molecular flexibility index (Phi) is 12.5. The number of aliphatic carboxylic acids is 2. The van der Waals surface area contributed by atoms with E-state index in [2.05, 4.69) is 48.1 Å². The third-order valence-corrected chi connectivity index (χ3v) is 5.91. The molecule has 0 saturated heterocycles. The van der Waals surface area contributed by atoms with Gasteiger partial charge in [0.2, 0.25) is 5.91 Å². The molecule has 0 unspecified atom stereocenters. The monoisotopic (exact) mass is 520 g/mol. The van der Waals surface area contributed by atoms with Crippen molar-refractivity contribution >= 4 is 17.8 Å². The summed E-state index contributed by atoms with van der Waals surface area (Å²) in [4.78, 5) is 36.2. The average molecular weight is 521 g/mol. The van der Waals surface area contributed by atoms with Crippen molar-refractivity contribution < 1.29 is 24.6 Å². The lowest BCUT2D eigenvalue weighted by Gasteiger charge is -2.22. The Labute approximate surface area is 223 Å². The number of rotatable bonds is 12. The number of hydrogen-bond acceptors (Lipinski definition) is 5. The summed E-state index contributed by atoms with van der Waals surface area (Å²) < 4.78 is 1.83. The zero-order valence-corrected chi connectivity index (χ0v) is 22.2. The summed E-state index contributed by atoms with van der Waals surface area (Å²) in [5.74, 6) is -2.44. The molecular weight excluding hydrogens is 484 g/mol. The van der Waals surface area contributed by atoms with Gasteiger partial charge in [0.1, 0.15) is 6.54 Å². The van der Waals surface area contributed by atoms with Crippen LogP contribution >= 0.6 is 0 Å². The Balaban J connectivity index is 0.000000550. The molecule has 9 nitrogen and oxygen atoms in total. The van der Waals surface area contributed by atoms with Crippen molar-refractivity contribution in [2.45, 2.75) is 26.8 Å². The van der Waals surface area contributed by atoms with Crippen LogP contribution in [0.1, 0.15) is 20.3 Å². The van der Waals surface area contributed by atoms with Gasteiger partial charge in [-0.15, -0.1) is 0 Å². The van der Waals surface area contributed by atoms with Crippen molar-refractivity contribution in [2.24, 2.45) is 0 Å². The summed E-state index contributed by atoms with van der Waals surface area (Å²) in [7, 11) is 1.88. The number of hydrogen-bond donors (Lipinski definition) is 2. The summed E-state index contributed by atoms with van der Waals surface area (Å²) in [6.45, 7) is 8.44. The molecule has 1 aromatic heterocycles. The summed E-state index contributed by atoms with van der Waals surface area (Å²) >= 11 is 0. The minimum absolute atomic E-state index is 0.0782. The Morgan fingerprint density at radius 1 is 0.842 bits per heavy atom. The second kappa shape index (κ2) is 15.8. The number of carbonyl (C=O) groups excluding carboxylic acids is 1. The van der Waals surface area contributed by atoms with E-state index in [0.717, 1.165) is 55.0 Å². The van der Waals surface area contributed by atoms with Crippen molar-refractivity contribution in [1.82, 2.24) is 19.6 Å². The average Bonchev–Trinajstić information content (AvgIpc) is 3.34. The molecule has 0 spiro atoms. The molecule has 1 amide bonds. The van der Waals surface area contributed by atoms with Crippen molar-refractivity contribution in [3.63, 3.8) is 0 Å². The number of carbonyl (C=O) groups is 3. The lowest BCUT2D eigenvalue weighted by molar-refractivity contribution is -0.134. The molecule has 9 heteroatoms. The molecule has 0 bridgehead atoms. The van der Waals surface area contributed by atoms with Crippen LogP contribution in [0.15, 0.2) is 79.0 Å². The fourth-order valence-electron chi connectivity index (χ4n) is 3.82. The molecule has 202 valence electrons. The second-order valence-corrected chi connectivity index (χ2v) is 8.50. The van der Waals surface area contributed by atoms with Crippen LogP contribution in [0, 0.1) is 0 Å². The van der Waals surface area contributed by atoms with Gasteiger partial charge in [-0.05, 0) is 31.6 Å². The predicted molar refractivity (Wildman–Crippen MR) is 148 cm³/mol. The lowest BCUT2D eigenvalue weighted by Crippen LogP contribution is -2.34. The normalized spacial score (nSPS) is 10.7. The van der Waals surface area contributed by atoms with Crippen LogP contribution in [0.25, 0.3) is 22.4 Å². The van der Waals surface area contributed by atoms with Gasteiger partial charge in [-0.1, -0.05) is 74.5 Å². The van der Waals surface area contributed by atoms with E-state index < -0.39 is 11.9 Å². The fourth-order valence-corrected chi connectivity index (χ4v) is 3.82. The molecule has 0 atom stereocenters. The van der Waals surface area contributed by atoms with Crippen molar-refractivity contribution in [2.75, 3.05) is 33.2 Å². The topological polar surface area (TPSA) is 116 Å². The van der Waals surface area contributed by atoms with E-state index in [-0.39, 0.29) is 12.5 Å². The van der Waals surface area contributed by atoms with Gasteiger partial charge < -0.3 is 20.0 Å². The molecule has 0 fully saturated rings. The number of carboxylic acids is 2. The van der Waals surface area contributed by atoms with Crippen LogP contribution in [0.2, 0.25) is 0 Å². The molecule has 0 radical (unpaired) electrons. The number of aromatic nitrogens is 2. The van der Waals surface area contributed by atoms with Crippen LogP contribution in [0.5, 0.6) is 0 Å². The first-order valence-corrected chi connectivity index (χ1v) is 12.5. The highest BCUT2D eigenvalue weighted by Gasteiger charge is 2.18. The molecule has 2 aromatic carbocycles. The smallest absolute Gasteiger partial charge is 0.328 e. The van der Waals surface area contributed by atoms with E-state index >= 15 is 0 Å². The second-order valence-electron chi connectivity index (χ2n) is 8.50. The Hall–Kier alpha value is -4.24.